The third-order valence-electron chi connectivity index (χ3n) is 3.10. The van der Waals surface area contributed by atoms with Crippen LogP contribution >= 0.6 is 11.6 Å². The van der Waals surface area contributed by atoms with Gasteiger partial charge in [-0.15, -0.1) is 0 Å². The van der Waals surface area contributed by atoms with Gasteiger partial charge in [-0.1, -0.05) is 53.6 Å². The molecule has 2 aromatic carbocycles. The van der Waals surface area contributed by atoms with Crippen LogP contribution in [0.3, 0.4) is 0 Å². The minimum Gasteiger partial charge on any atom is -0.306 e. The lowest BCUT2D eigenvalue weighted by Gasteiger charge is -2.14. The summed E-state index contributed by atoms with van der Waals surface area (Å²) in [6, 6.07) is 16.9. The lowest BCUT2D eigenvalue weighted by Crippen LogP contribution is -2.17. The minimum atomic E-state index is 0.323. The van der Waals surface area contributed by atoms with Crippen molar-refractivity contribution in [2.24, 2.45) is 0 Å². The molecule has 0 heterocycles. The second-order valence-corrected chi connectivity index (χ2v) is 5.08. The molecule has 2 rings (SSSR count). The Labute approximate surface area is 114 Å². The van der Waals surface area contributed by atoms with Crippen molar-refractivity contribution in [3.8, 4) is 0 Å². The van der Waals surface area contributed by atoms with Gasteiger partial charge < -0.3 is 5.32 Å². The molecule has 0 fully saturated rings. The van der Waals surface area contributed by atoms with Crippen molar-refractivity contribution < 1.29 is 0 Å². The lowest BCUT2D eigenvalue weighted by molar-refractivity contribution is 0.574. The Kier molecular flexibility index (Phi) is 4.40. The fourth-order valence-electron chi connectivity index (χ4n) is 1.85. The van der Waals surface area contributed by atoms with Crippen LogP contribution < -0.4 is 5.32 Å². The molecule has 1 nitrogen and oxygen atoms in total. The van der Waals surface area contributed by atoms with Crippen molar-refractivity contribution in [2.45, 2.75) is 26.4 Å². The van der Waals surface area contributed by atoms with E-state index in [9.17, 15) is 0 Å². The highest BCUT2D eigenvalue weighted by Crippen LogP contribution is 2.16. The van der Waals surface area contributed by atoms with Gasteiger partial charge in [0.25, 0.3) is 0 Å². The summed E-state index contributed by atoms with van der Waals surface area (Å²) >= 11 is 5.88. The van der Waals surface area contributed by atoms with Crippen LogP contribution in [-0.4, -0.2) is 0 Å². The predicted molar refractivity (Wildman–Crippen MR) is 77.9 cm³/mol. The first-order chi connectivity index (χ1) is 8.65. The van der Waals surface area contributed by atoms with Crippen molar-refractivity contribution in [3.63, 3.8) is 0 Å². The molecule has 0 unspecified atom stereocenters. The van der Waals surface area contributed by atoms with Crippen molar-refractivity contribution in [3.05, 3.63) is 70.2 Å². The Morgan fingerprint density at radius 2 is 1.61 bits per heavy atom. The molecule has 1 atom stereocenters. The topological polar surface area (TPSA) is 12.0 Å². The molecule has 0 aromatic heterocycles. The molecule has 0 spiro atoms. The molecule has 94 valence electrons. The molecule has 0 bridgehead atoms. The van der Waals surface area contributed by atoms with Gasteiger partial charge in [-0.05, 0) is 37.1 Å². The standard InChI is InChI=1S/C16H18ClN/c1-12-3-5-14(6-4-12)11-18-13(2)15-7-9-16(17)10-8-15/h3-10,13,18H,11H2,1-2H3/t13-/m0/s1. The Balaban J connectivity index is 1.93. The number of rotatable bonds is 4. The number of nitrogens with one attached hydrogen (secondary N) is 1. The van der Waals surface area contributed by atoms with Crippen molar-refractivity contribution in [1.82, 2.24) is 5.32 Å². The third-order valence-corrected chi connectivity index (χ3v) is 3.35. The quantitative estimate of drug-likeness (QED) is 0.853. The minimum absolute atomic E-state index is 0.323. The van der Waals surface area contributed by atoms with Gasteiger partial charge in [-0.2, -0.15) is 0 Å². The van der Waals surface area contributed by atoms with Gasteiger partial charge in [0.15, 0.2) is 0 Å². The van der Waals surface area contributed by atoms with E-state index < -0.39 is 0 Å². The maximum atomic E-state index is 5.88. The Morgan fingerprint density at radius 3 is 2.22 bits per heavy atom. The summed E-state index contributed by atoms with van der Waals surface area (Å²) in [5.41, 5.74) is 3.86. The van der Waals surface area contributed by atoms with Crippen molar-refractivity contribution in [1.29, 1.82) is 0 Å². The summed E-state index contributed by atoms with van der Waals surface area (Å²) in [7, 11) is 0. The highest BCUT2D eigenvalue weighted by atomic mass is 35.5. The molecule has 2 aromatic rings. The second kappa shape index (κ2) is 6.03. The average Bonchev–Trinajstić information content (AvgIpc) is 2.38. The monoisotopic (exact) mass is 259 g/mol. The maximum Gasteiger partial charge on any atom is 0.0406 e. The Bertz CT molecular complexity index is 488. The van der Waals surface area contributed by atoms with Crippen molar-refractivity contribution >= 4 is 11.6 Å². The normalized spacial score (nSPS) is 12.4. The van der Waals surface area contributed by atoms with E-state index >= 15 is 0 Å². The molecule has 18 heavy (non-hydrogen) atoms. The summed E-state index contributed by atoms with van der Waals surface area (Å²) < 4.78 is 0. The summed E-state index contributed by atoms with van der Waals surface area (Å²) in [4.78, 5) is 0. The van der Waals surface area contributed by atoms with E-state index in [1.807, 2.05) is 12.1 Å². The van der Waals surface area contributed by atoms with Crippen LogP contribution in [0.1, 0.15) is 29.7 Å². The Morgan fingerprint density at radius 1 is 1.00 bits per heavy atom. The van der Waals surface area contributed by atoms with E-state index in [2.05, 4.69) is 55.6 Å². The first kappa shape index (κ1) is 13.1. The smallest absolute Gasteiger partial charge is 0.0406 e. The van der Waals surface area contributed by atoms with E-state index in [0.29, 0.717) is 6.04 Å². The van der Waals surface area contributed by atoms with Crippen LogP contribution in [0.15, 0.2) is 48.5 Å². The average molecular weight is 260 g/mol. The van der Waals surface area contributed by atoms with Gasteiger partial charge in [0.05, 0.1) is 0 Å². The van der Waals surface area contributed by atoms with Crippen LogP contribution in [0.25, 0.3) is 0 Å². The molecule has 0 aliphatic heterocycles. The molecule has 0 saturated carbocycles. The number of halogens is 1. The SMILES string of the molecule is Cc1ccc(CN[C@@H](C)c2ccc(Cl)cc2)cc1. The van der Waals surface area contributed by atoms with Crippen molar-refractivity contribution in [2.75, 3.05) is 0 Å². The van der Waals surface area contributed by atoms with Gasteiger partial charge in [0.1, 0.15) is 0 Å². The highest BCUT2D eigenvalue weighted by molar-refractivity contribution is 6.30. The number of hydrogen-bond donors (Lipinski definition) is 1. The molecule has 0 aliphatic rings. The van der Waals surface area contributed by atoms with Gasteiger partial charge in [-0.25, -0.2) is 0 Å². The second-order valence-electron chi connectivity index (χ2n) is 4.64. The predicted octanol–water partition coefficient (Wildman–Crippen LogP) is 4.50. The summed E-state index contributed by atoms with van der Waals surface area (Å²) in [6.45, 7) is 5.15. The lowest BCUT2D eigenvalue weighted by atomic mass is 10.1. The Hall–Kier alpha value is -1.31. The fraction of sp³-hybridized carbons (Fsp3) is 0.250. The molecule has 1 N–H and O–H groups in total. The number of hydrogen-bond acceptors (Lipinski definition) is 1. The van der Waals surface area contributed by atoms with E-state index in [1.54, 1.807) is 0 Å². The fourth-order valence-corrected chi connectivity index (χ4v) is 1.97. The van der Waals surface area contributed by atoms with Crippen LogP contribution in [-0.2, 0) is 6.54 Å². The van der Waals surface area contributed by atoms with Gasteiger partial charge in [0.2, 0.25) is 0 Å². The summed E-state index contributed by atoms with van der Waals surface area (Å²) in [5, 5.41) is 4.29. The molecule has 0 radical (unpaired) electrons. The van der Waals surface area contributed by atoms with E-state index in [0.717, 1.165) is 11.6 Å². The number of benzene rings is 2. The molecule has 2 heteroatoms. The highest BCUT2D eigenvalue weighted by Gasteiger charge is 2.04. The molecule has 0 saturated heterocycles. The molecular weight excluding hydrogens is 242 g/mol. The largest absolute Gasteiger partial charge is 0.306 e. The first-order valence-corrected chi connectivity index (χ1v) is 6.57. The molecule has 0 amide bonds. The number of aryl methyl sites for hydroxylation is 1. The van der Waals surface area contributed by atoms with E-state index in [-0.39, 0.29) is 0 Å². The van der Waals surface area contributed by atoms with Crippen LogP contribution in [0.2, 0.25) is 5.02 Å². The zero-order valence-electron chi connectivity index (χ0n) is 10.8. The van der Waals surface area contributed by atoms with E-state index in [4.69, 9.17) is 11.6 Å². The van der Waals surface area contributed by atoms with Crippen LogP contribution in [0.5, 0.6) is 0 Å². The van der Waals surface area contributed by atoms with Gasteiger partial charge >= 0.3 is 0 Å². The zero-order valence-corrected chi connectivity index (χ0v) is 11.5. The summed E-state index contributed by atoms with van der Waals surface area (Å²) in [6.07, 6.45) is 0. The zero-order chi connectivity index (χ0) is 13.0. The summed E-state index contributed by atoms with van der Waals surface area (Å²) in [5.74, 6) is 0. The third kappa shape index (κ3) is 3.59. The molecular formula is C16H18ClN. The maximum absolute atomic E-state index is 5.88. The first-order valence-electron chi connectivity index (χ1n) is 6.19. The van der Waals surface area contributed by atoms with E-state index in [1.165, 1.54) is 16.7 Å². The van der Waals surface area contributed by atoms with Gasteiger partial charge in [-0.3, -0.25) is 0 Å². The van der Waals surface area contributed by atoms with Gasteiger partial charge in [0, 0.05) is 17.6 Å². The molecule has 0 aliphatic carbocycles. The van der Waals surface area contributed by atoms with Crippen LogP contribution in [0.4, 0.5) is 0 Å². The van der Waals surface area contributed by atoms with Crippen LogP contribution in [0, 0.1) is 6.92 Å².